The number of anilines is 1. The third kappa shape index (κ3) is 2.43. The normalized spacial score (nSPS) is 11.1. The molecular weight excluding hydrogens is 262 g/mol. The first-order valence-corrected chi connectivity index (χ1v) is 6.09. The number of sulfonamides is 1. The lowest BCUT2D eigenvalue weighted by Crippen LogP contribution is -2.31. The van der Waals surface area contributed by atoms with Crippen molar-refractivity contribution in [2.45, 2.75) is 5.03 Å². The van der Waals surface area contributed by atoms with Crippen LogP contribution in [0.1, 0.15) is 0 Å². The zero-order chi connectivity index (χ0) is 13.2. The molecule has 0 atom stereocenters. The fourth-order valence-corrected chi connectivity index (χ4v) is 2.15. The summed E-state index contributed by atoms with van der Waals surface area (Å²) < 4.78 is 25.7. The molecule has 94 valence electrons. The van der Waals surface area contributed by atoms with Crippen LogP contribution >= 0.6 is 0 Å². The molecule has 2 aromatic rings. The van der Waals surface area contributed by atoms with Crippen molar-refractivity contribution in [3.63, 3.8) is 0 Å². The first-order chi connectivity index (χ1) is 8.49. The number of pyridine rings is 1. The topological polar surface area (TPSA) is 138 Å². The molecule has 10 heteroatoms. The molecule has 0 amide bonds. The Morgan fingerprint density at radius 3 is 2.44 bits per heavy atom. The SMILES string of the molecule is O=c1[nH]nc(S(=O)(=O)Nc2ccncc2)c(=O)[nH]1. The largest absolute Gasteiger partial charge is 0.342 e. The van der Waals surface area contributed by atoms with Crippen LogP contribution in [0.2, 0.25) is 0 Å². The van der Waals surface area contributed by atoms with Crippen molar-refractivity contribution < 1.29 is 8.42 Å². The number of rotatable bonds is 3. The number of nitrogens with zero attached hydrogens (tertiary/aromatic N) is 2. The van der Waals surface area contributed by atoms with Crippen LogP contribution in [-0.4, -0.2) is 28.6 Å². The van der Waals surface area contributed by atoms with Crippen LogP contribution in [0.4, 0.5) is 5.69 Å². The second-order valence-corrected chi connectivity index (χ2v) is 4.75. The van der Waals surface area contributed by atoms with Crippen molar-refractivity contribution in [2.24, 2.45) is 0 Å². The van der Waals surface area contributed by atoms with Crippen molar-refractivity contribution in [1.82, 2.24) is 20.2 Å². The number of hydrogen-bond donors (Lipinski definition) is 3. The quantitative estimate of drug-likeness (QED) is 0.630. The Morgan fingerprint density at radius 1 is 1.17 bits per heavy atom. The van der Waals surface area contributed by atoms with E-state index in [1.54, 1.807) is 4.98 Å². The van der Waals surface area contributed by atoms with E-state index in [9.17, 15) is 18.0 Å². The molecular formula is C8H7N5O4S. The van der Waals surface area contributed by atoms with Crippen molar-refractivity contribution in [3.8, 4) is 0 Å². The molecule has 0 aliphatic carbocycles. The maximum Gasteiger partial charge on any atom is 0.342 e. The van der Waals surface area contributed by atoms with Gasteiger partial charge in [0.25, 0.3) is 20.6 Å². The van der Waals surface area contributed by atoms with E-state index in [0.717, 1.165) is 0 Å². The summed E-state index contributed by atoms with van der Waals surface area (Å²) in [6, 6.07) is 2.80. The number of aromatic amines is 2. The van der Waals surface area contributed by atoms with Crippen LogP contribution in [0.15, 0.2) is 39.1 Å². The number of H-pyrrole nitrogens is 2. The van der Waals surface area contributed by atoms with Gasteiger partial charge in [-0.25, -0.2) is 9.89 Å². The van der Waals surface area contributed by atoms with Gasteiger partial charge in [0.1, 0.15) is 0 Å². The zero-order valence-electron chi connectivity index (χ0n) is 8.75. The molecule has 0 saturated heterocycles. The maximum absolute atomic E-state index is 11.8. The minimum atomic E-state index is -4.16. The molecule has 0 bridgehead atoms. The minimum absolute atomic E-state index is 0.220. The van der Waals surface area contributed by atoms with Crippen LogP contribution in [0.5, 0.6) is 0 Å². The lowest BCUT2D eigenvalue weighted by atomic mass is 10.4. The van der Waals surface area contributed by atoms with E-state index in [2.05, 4.69) is 14.8 Å². The third-order valence-electron chi connectivity index (χ3n) is 1.87. The van der Waals surface area contributed by atoms with Gasteiger partial charge < -0.3 is 0 Å². The van der Waals surface area contributed by atoms with E-state index in [4.69, 9.17) is 0 Å². The standard InChI is InChI=1S/C8H7N5O4S/c14-6-7(11-12-8(15)10-6)18(16,17)13-5-1-3-9-4-2-5/h1-4H,(H,9,13)(H2,10,12,14,15). The lowest BCUT2D eigenvalue weighted by molar-refractivity contribution is 0.591. The van der Waals surface area contributed by atoms with Crippen LogP contribution in [0.3, 0.4) is 0 Å². The van der Waals surface area contributed by atoms with Crippen molar-refractivity contribution >= 4 is 15.7 Å². The summed E-state index contributed by atoms with van der Waals surface area (Å²) in [5, 5.41) is 4.22. The van der Waals surface area contributed by atoms with Gasteiger partial charge in [-0.1, -0.05) is 0 Å². The number of aromatic nitrogens is 4. The van der Waals surface area contributed by atoms with Gasteiger partial charge in [-0.3, -0.25) is 19.5 Å². The van der Waals surface area contributed by atoms with E-state index in [0.29, 0.717) is 0 Å². The Balaban J connectivity index is 2.43. The molecule has 18 heavy (non-hydrogen) atoms. The summed E-state index contributed by atoms with van der Waals surface area (Å²) >= 11 is 0. The van der Waals surface area contributed by atoms with Crippen molar-refractivity contribution in [3.05, 3.63) is 45.4 Å². The third-order valence-corrected chi connectivity index (χ3v) is 3.16. The summed E-state index contributed by atoms with van der Waals surface area (Å²) in [7, 11) is -4.16. The molecule has 0 saturated carbocycles. The van der Waals surface area contributed by atoms with Gasteiger partial charge in [0.2, 0.25) is 0 Å². The van der Waals surface area contributed by atoms with Gasteiger partial charge in [0, 0.05) is 12.4 Å². The summed E-state index contributed by atoms with van der Waals surface area (Å²) in [6.07, 6.45) is 2.75. The second-order valence-electron chi connectivity index (χ2n) is 3.15. The Morgan fingerprint density at radius 2 is 1.83 bits per heavy atom. The average molecular weight is 269 g/mol. The van der Waals surface area contributed by atoms with Gasteiger partial charge in [-0.2, -0.15) is 13.5 Å². The molecule has 0 spiro atoms. The Hall–Kier alpha value is -2.49. The highest BCUT2D eigenvalue weighted by Crippen LogP contribution is 2.09. The maximum atomic E-state index is 11.8. The Labute approximate surface area is 100.0 Å². The fourth-order valence-electron chi connectivity index (χ4n) is 1.14. The van der Waals surface area contributed by atoms with Crippen LogP contribution in [0, 0.1) is 0 Å². The minimum Gasteiger partial charge on any atom is -0.278 e. The summed E-state index contributed by atoms with van der Waals surface area (Å²) in [6.45, 7) is 0. The summed E-state index contributed by atoms with van der Waals surface area (Å²) in [5.74, 6) is 0. The monoisotopic (exact) mass is 269 g/mol. The van der Waals surface area contributed by atoms with Gasteiger partial charge in [0.15, 0.2) is 0 Å². The Bertz CT molecular complexity index is 764. The van der Waals surface area contributed by atoms with Crippen LogP contribution < -0.4 is 16.0 Å². The van der Waals surface area contributed by atoms with E-state index in [-0.39, 0.29) is 5.69 Å². The molecule has 2 aromatic heterocycles. The highest BCUT2D eigenvalue weighted by Gasteiger charge is 2.20. The van der Waals surface area contributed by atoms with Crippen LogP contribution in [-0.2, 0) is 10.0 Å². The van der Waals surface area contributed by atoms with E-state index < -0.39 is 26.3 Å². The predicted molar refractivity (Wildman–Crippen MR) is 60.5 cm³/mol. The van der Waals surface area contributed by atoms with Gasteiger partial charge in [-0.05, 0) is 12.1 Å². The molecule has 0 aromatic carbocycles. The highest BCUT2D eigenvalue weighted by molar-refractivity contribution is 7.92. The summed E-state index contributed by atoms with van der Waals surface area (Å²) in [5.41, 5.74) is -1.76. The van der Waals surface area contributed by atoms with Gasteiger partial charge in [0.05, 0.1) is 5.69 Å². The zero-order valence-corrected chi connectivity index (χ0v) is 9.56. The van der Waals surface area contributed by atoms with Gasteiger partial charge in [-0.15, -0.1) is 0 Å². The molecule has 2 rings (SSSR count). The molecule has 0 aliphatic rings. The van der Waals surface area contributed by atoms with Gasteiger partial charge >= 0.3 is 5.69 Å². The first-order valence-electron chi connectivity index (χ1n) is 4.61. The van der Waals surface area contributed by atoms with Crippen molar-refractivity contribution in [2.75, 3.05) is 4.72 Å². The van der Waals surface area contributed by atoms with E-state index in [1.165, 1.54) is 24.5 Å². The molecule has 0 radical (unpaired) electrons. The van der Waals surface area contributed by atoms with E-state index in [1.807, 2.05) is 5.10 Å². The van der Waals surface area contributed by atoms with E-state index >= 15 is 0 Å². The number of hydrogen-bond acceptors (Lipinski definition) is 6. The smallest absolute Gasteiger partial charge is 0.278 e. The molecule has 0 fully saturated rings. The predicted octanol–water partition coefficient (Wildman–Crippen LogP) is -1.35. The van der Waals surface area contributed by atoms with Crippen molar-refractivity contribution in [1.29, 1.82) is 0 Å². The molecule has 3 N–H and O–H groups in total. The fraction of sp³-hybridized carbons (Fsp3) is 0. The second kappa shape index (κ2) is 4.41. The Kier molecular flexibility index (Phi) is 2.93. The lowest BCUT2D eigenvalue weighted by Gasteiger charge is -2.04. The van der Waals surface area contributed by atoms with Crippen LogP contribution in [0.25, 0.3) is 0 Å². The first kappa shape index (κ1) is 12.0. The molecule has 2 heterocycles. The highest BCUT2D eigenvalue weighted by atomic mass is 32.2. The molecule has 0 unspecified atom stereocenters. The molecule has 9 nitrogen and oxygen atoms in total. The number of nitrogens with one attached hydrogen (secondary N) is 3. The molecule has 0 aliphatic heterocycles. The summed E-state index contributed by atoms with van der Waals surface area (Å²) in [4.78, 5) is 27.5. The average Bonchev–Trinajstić information content (AvgIpc) is 2.29.